The summed E-state index contributed by atoms with van der Waals surface area (Å²) in [7, 11) is 0. The van der Waals surface area contributed by atoms with Gasteiger partial charge in [-0.05, 0) is 29.3 Å². The third kappa shape index (κ3) is 1.65. The van der Waals surface area contributed by atoms with E-state index in [-0.39, 0.29) is 10.6 Å². The van der Waals surface area contributed by atoms with Crippen LogP contribution in [0.25, 0.3) is 6.08 Å². The molecule has 52 valence electrons. The lowest BCUT2D eigenvalue weighted by molar-refractivity contribution is 1.03. The molecule has 0 N–H and O–H groups in total. The molecule has 0 radical (unpaired) electrons. The van der Waals surface area contributed by atoms with E-state index < -0.39 is 0 Å². The van der Waals surface area contributed by atoms with Crippen molar-refractivity contribution < 1.29 is 0 Å². The number of nitrogens with zero attached hydrogens (tertiary/aromatic N) is 3. The van der Waals surface area contributed by atoms with Crippen LogP contribution < -0.4 is 0 Å². The van der Waals surface area contributed by atoms with Crippen LogP contribution in [0.3, 0.4) is 0 Å². The van der Waals surface area contributed by atoms with Gasteiger partial charge in [0, 0.05) is 0 Å². The van der Waals surface area contributed by atoms with Crippen LogP contribution in [0.1, 0.15) is 5.82 Å². The van der Waals surface area contributed by atoms with Crippen LogP contribution in [0.2, 0.25) is 10.6 Å². The van der Waals surface area contributed by atoms with Gasteiger partial charge < -0.3 is 0 Å². The van der Waals surface area contributed by atoms with Crippen molar-refractivity contribution in [3.8, 4) is 0 Å². The lowest BCUT2D eigenvalue weighted by atomic mass is 10.6. The van der Waals surface area contributed by atoms with Gasteiger partial charge in [0.2, 0.25) is 10.6 Å². The first-order chi connectivity index (χ1) is 4.72. The van der Waals surface area contributed by atoms with Gasteiger partial charge in [0.15, 0.2) is 5.82 Å². The van der Waals surface area contributed by atoms with Gasteiger partial charge >= 0.3 is 0 Å². The summed E-state index contributed by atoms with van der Waals surface area (Å²) in [5.74, 6) is 0.380. The molecule has 1 rings (SSSR count). The zero-order valence-corrected chi connectivity index (χ0v) is 6.39. The molecule has 0 saturated carbocycles. The Balaban J connectivity index is 3.18. The Labute approximate surface area is 67.7 Å². The Morgan fingerprint density at radius 1 is 1.10 bits per heavy atom. The van der Waals surface area contributed by atoms with Gasteiger partial charge in [0.1, 0.15) is 0 Å². The maximum Gasteiger partial charge on any atom is 0.227 e. The average molecular weight is 176 g/mol. The first-order valence-corrected chi connectivity index (χ1v) is 3.17. The number of hydrogen-bond donors (Lipinski definition) is 0. The predicted octanol–water partition coefficient (Wildman–Crippen LogP) is 1.82. The van der Waals surface area contributed by atoms with Crippen molar-refractivity contribution in [2.45, 2.75) is 0 Å². The Morgan fingerprint density at radius 3 is 2.00 bits per heavy atom. The molecule has 0 spiro atoms. The summed E-state index contributed by atoms with van der Waals surface area (Å²) in [6.07, 6.45) is 1.44. The van der Waals surface area contributed by atoms with E-state index in [2.05, 4.69) is 21.5 Å². The molecule has 1 aromatic rings. The van der Waals surface area contributed by atoms with Gasteiger partial charge in [0.25, 0.3) is 0 Å². The van der Waals surface area contributed by atoms with E-state index in [0.29, 0.717) is 5.82 Å². The summed E-state index contributed by atoms with van der Waals surface area (Å²) >= 11 is 10.9. The second-order valence-electron chi connectivity index (χ2n) is 1.44. The summed E-state index contributed by atoms with van der Waals surface area (Å²) in [5.41, 5.74) is 0. The van der Waals surface area contributed by atoms with E-state index in [1.54, 1.807) is 0 Å². The number of hydrogen-bond acceptors (Lipinski definition) is 3. The average Bonchev–Trinajstić information content (AvgIpc) is 1.85. The van der Waals surface area contributed by atoms with Crippen LogP contribution in [0.15, 0.2) is 6.58 Å². The lowest BCUT2D eigenvalue weighted by Gasteiger charge is -1.91. The summed E-state index contributed by atoms with van der Waals surface area (Å²) in [6.45, 7) is 3.44. The van der Waals surface area contributed by atoms with Crippen molar-refractivity contribution in [1.29, 1.82) is 0 Å². The molecule has 0 saturated heterocycles. The number of rotatable bonds is 1. The molecular formula is C5H3Cl2N3. The maximum absolute atomic E-state index is 5.43. The third-order valence-electron chi connectivity index (χ3n) is 0.781. The van der Waals surface area contributed by atoms with Crippen LogP contribution in [-0.4, -0.2) is 15.0 Å². The van der Waals surface area contributed by atoms with Crippen LogP contribution in [0, 0.1) is 0 Å². The Bertz CT molecular complexity index is 241. The topological polar surface area (TPSA) is 38.7 Å². The fourth-order valence-corrected chi connectivity index (χ4v) is 0.808. The molecule has 5 heteroatoms. The third-order valence-corrected chi connectivity index (χ3v) is 1.12. The Kier molecular flexibility index (Phi) is 2.19. The van der Waals surface area contributed by atoms with Crippen molar-refractivity contribution in [2.24, 2.45) is 0 Å². The number of halogens is 2. The highest BCUT2D eigenvalue weighted by Crippen LogP contribution is 2.06. The van der Waals surface area contributed by atoms with Gasteiger partial charge in [-0.25, -0.2) is 0 Å². The largest absolute Gasteiger partial charge is 0.227 e. The van der Waals surface area contributed by atoms with Crippen molar-refractivity contribution >= 4 is 29.3 Å². The van der Waals surface area contributed by atoms with E-state index in [1.165, 1.54) is 6.08 Å². The Morgan fingerprint density at radius 2 is 1.60 bits per heavy atom. The minimum atomic E-state index is 0.0786. The zero-order valence-electron chi connectivity index (χ0n) is 4.88. The molecule has 10 heavy (non-hydrogen) atoms. The van der Waals surface area contributed by atoms with Crippen LogP contribution in [0.4, 0.5) is 0 Å². The summed E-state index contributed by atoms with van der Waals surface area (Å²) < 4.78 is 0. The molecular weight excluding hydrogens is 173 g/mol. The maximum atomic E-state index is 5.43. The van der Waals surface area contributed by atoms with Crippen molar-refractivity contribution in [1.82, 2.24) is 15.0 Å². The zero-order chi connectivity index (χ0) is 7.56. The highest BCUT2D eigenvalue weighted by atomic mass is 35.5. The monoisotopic (exact) mass is 175 g/mol. The van der Waals surface area contributed by atoms with E-state index in [4.69, 9.17) is 23.2 Å². The molecule has 0 unspecified atom stereocenters. The highest BCUT2D eigenvalue weighted by molar-refractivity contribution is 6.31. The first kappa shape index (κ1) is 7.44. The fraction of sp³-hybridized carbons (Fsp3) is 0. The lowest BCUT2D eigenvalue weighted by Crippen LogP contribution is -1.91. The second-order valence-corrected chi connectivity index (χ2v) is 2.11. The van der Waals surface area contributed by atoms with Gasteiger partial charge in [0.05, 0.1) is 0 Å². The molecule has 0 aromatic carbocycles. The summed E-state index contributed by atoms with van der Waals surface area (Å²) in [5, 5.41) is 0.157. The molecule has 0 aliphatic carbocycles. The van der Waals surface area contributed by atoms with Gasteiger partial charge in [-0.3, -0.25) is 0 Å². The minimum absolute atomic E-state index is 0.0786. The molecule has 0 amide bonds. The van der Waals surface area contributed by atoms with Crippen LogP contribution >= 0.6 is 23.2 Å². The molecule has 0 aliphatic rings. The van der Waals surface area contributed by atoms with Gasteiger partial charge in [-0.1, -0.05) is 6.58 Å². The molecule has 1 aromatic heterocycles. The molecule has 0 bridgehead atoms. The van der Waals surface area contributed by atoms with Crippen LogP contribution in [0.5, 0.6) is 0 Å². The summed E-state index contributed by atoms with van der Waals surface area (Å²) in [4.78, 5) is 10.9. The van der Waals surface area contributed by atoms with E-state index in [9.17, 15) is 0 Å². The minimum Gasteiger partial charge on any atom is -0.198 e. The van der Waals surface area contributed by atoms with Crippen molar-refractivity contribution in [3.63, 3.8) is 0 Å². The standard InChI is InChI=1S/C5H3Cl2N3/c1-2-3-8-4(6)10-5(7)9-3/h2H,1H2. The summed E-state index contributed by atoms with van der Waals surface area (Å²) in [6, 6.07) is 0. The van der Waals surface area contributed by atoms with Gasteiger partial charge in [-0.2, -0.15) is 15.0 Å². The Hall–Kier alpha value is -0.670. The fourth-order valence-electron chi connectivity index (χ4n) is 0.431. The molecule has 0 aliphatic heterocycles. The van der Waals surface area contributed by atoms with Crippen molar-refractivity contribution in [3.05, 3.63) is 23.0 Å². The second kappa shape index (κ2) is 2.94. The highest BCUT2D eigenvalue weighted by Gasteiger charge is 1.97. The molecule has 0 fully saturated rings. The normalized spacial score (nSPS) is 9.40. The molecule has 0 atom stereocenters. The van der Waals surface area contributed by atoms with Crippen LogP contribution in [-0.2, 0) is 0 Å². The first-order valence-electron chi connectivity index (χ1n) is 2.42. The predicted molar refractivity (Wildman–Crippen MR) is 39.9 cm³/mol. The van der Waals surface area contributed by atoms with Gasteiger partial charge in [-0.15, -0.1) is 0 Å². The smallest absolute Gasteiger partial charge is 0.198 e. The number of aromatic nitrogens is 3. The van der Waals surface area contributed by atoms with E-state index in [0.717, 1.165) is 0 Å². The van der Waals surface area contributed by atoms with Crippen molar-refractivity contribution in [2.75, 3.05) is 0 Å². The van der Waals surface area contributed by atoms with E-state index >= 15 is 0 Å². The molecule has 1 heterocycles. The molecule has 3 nitrogen and oxygen atoms in total. The quantitative estimate of drug-likeness (QED) is 0.654. The van der Waals surface area contributed by atoms with E-state index in [1.807, 2.05) is 0 Å². The SMILES string of the molecule is C=Cc1nc(Cl)nc(Cl)n1.